The number of benzene rings is 1. The number of Topliss-reactive ketones (excluding diaryl/α,β-unsaturated/α-hetero) is 1. The highest BCUT2D eigenvalue weighted by Gasteiger charge is 2.21. The van der Waals surface area contributed by atoms with Crippen LogP contribution in [0.3, 0.4) is 0 Å². The highest BCUT2D eigenvalue weighted by Crippen LogP contribution is 2.31. The van der Waals surface area contributed by atoms with Crippen molar-refractivity contribution in [3.05, 3.63) is 33.3 Å². The molecule has 1 unspecified atom stereocenters. The SMILES string of the molecule is O=C1CCOC(c2ccc(Cl)c(Br)c2)C1. The molecule has 0 amide bonds. The second kappa shape index (κ2) is 4.64. The number of ketones is 1. The molecule has 2 rings (SSSR count). The summed E-state index contributed by atoms with van der Waals surface area (Å²) >= 11 is 9.25. The molecule has 1 saturated heterocycles. The first kappa shape index (κ1) is 11.1. The van der Waals surface area contributed by atoms with E-state index in [0.717, 1.165) is 10.0 Å². The number of carbonyl (C=O) groups is 1. The van der Waals surface area contributed by atoms with E-state index in [9.17, 15) is 4.79 Å². The first-order valence-electron chi connectivity index (χ1n) is 4.75. The molecule has 2 nitrogen and oxygen atoms in total. The zero-order valence-electron chi connectivity index (χ0n) is 8.00. The molecule has 15 heavy (non-hydrogen) atoms. The van der Waals surface area contributed by atoms with E-state index in [0.29, 0.717) is 24.5 Å². The third kappa shape index (κ3) is 2.60. The largest absolute Gasteiger partial charge is 0.373 e. The van der Waals surface area contributed by atoms with Gasteiger partial charge in [-0.2, -0.15) is 0 Å². The van der Waals surface area contributed by atoms with Crippen molar-refractivity contribution in [1.82, 2.24) is 0 Å². The van der Waals surface area contributed by atoms with Crippen LogP contribution in [-0.4, -0.2) is 12.4 Å². The molecular weight excluding hydrogens is 279 g/mol. The fraction of sp³-hybridized carbons (Fsp3) is 0.364. The van der Waals surface area contributed by atoms with Gasteiger partial charge in [-0.25, -0.2) is 0 Å². The minimum Gasteiger partial charge on any atom is -0.373 e. The molecule has 1 fully saturated rings. The van der Waals surface area contributed by atoms with E-state index in [1.54, 1.807) is 0 Å². The Morgan fingerprint density at radius 3 is 2.93 bits per heavy atom. The van der Waals surface area contributed by atoms with Crippen molar-refractivity contribution >= 4 is 33.3 Å². The molecule has 80 valence electrons. The molecule has 1 aromatic rings. The molecule has 0 aromatic heterocycles. The van der Waals surface area contributed by atoms with E-state index >= 15 is 0 Å². The maximum absolute atomic E-state index is 11.3. The van der Waals surface area contributed by atoms with E-state index in [2.05, 4.69) is 15.9 Å². The lowest BCUT2D eigenvalue weighted by molar-refractivity contribution is -0.128. The predicted octanol–water partition coefficient (Wildman–Crippen LogP) is 3.52. The summed E-state index contributed by atoms with van der Waals surface area (Å²) in [7, 11) is 0. The van der Waals surface area contributed by atoms with Gasteiger partial charge in [0.2, 0.25) is 0 Å². The zero-order valence-corrected chi connectivity index (χ0v) is 10.3. The Balaban J connectivity index is 2.21. The molecule has 1 aromatic carbocycles. The summed E-state index contributed by atoms with van der Waals surface area (Å²) in [5, 5.41) is 0.667. The molecule has 1 atom stereocenters. The maximum atomic E-state index is 11.3. The number of halogens is 2. The van der Waals surface area contributed by atoms with Crippen molar-refractivity contribution in [2.75, 3.05) is 6.61 Å². The molecule has 0 saturated carbocycles. The van der Waals surface area contributed by atoms with Gasteiger partial charge >= 0.3 is 0 Å². The molecule has 1 aliphatic rings. The lowest BCUT2D eigenvalue weighted by Crippen LogP contribution is -2.19. The van der Waals surface area contributed by atoms with E-state index in [1.807, 2.05) is 18.2 Å². The van der Waals surface area contributed by atoms with Crippen molar-refractivity contribution < 1.29 is 9.53 Å². The summed E-state index contributed by atoms with van der Waals surface area (Å²) in [5.74, 6) is 0.261. The van der Waals surface area contributed by atoms with Crippen LogP contribution >= 0.6 is 27.5 Å². The van der Waals surface area contributed by atoms with Gasteiger partial charge in [0.1, 0.15) is 5.78 Å². The molecule has 1 heterocycles. The Kier molecular flexibility index (Phi) is 3.44. The summed E-state index contributed by atoms with van der Waals surface area (Å²) in [6.07, 6.45) is 0.888. The van der Waals surface area contributed by atoms with Crippen LogP contribution in [0.5, 0.6) is 0 Å². The summed E-state index contributed by atoms with van der Waals surface area (Å²) in [5.41, 5.74) is 0.999. The average Bonchev–Trinajstić information content (AvgIpc) is 2.22. The summed E-state index contributed by atoms with van der Waals surface area (Å²) in [6, 6.07) is 5.62. The van der Waals surface area contributed by atoms with Crippen molar-refractivity contribution in [1.29, 1.82) is 0 Å². The fourth-order valence-electron chi connectivity index (χ4n) is 1.61. The first-order chi connectivity index (χ1) is 7.16. The first-order valence-corrected chi connectivity index (χ1v) is 5.92. The third-order valence-corrected chi connectivity index (χ3v) is 3.64. The molecule has 0 radical (unpaired) electrons. The smallest absolute Gasteiger partial charge is 0.138 e. The third-order valence-electron chi connectivity index (χ3n) is 2.43. The van der Waals surface area contributed by atoms with E-state index in [-0.39, 0.29) is 11.9 Å². The second-order valence-corrected chi connectivity index (χ2v) is 4.79. The highest BCUT2D eigenvalue weighted by atomic mass is 79.9. The van der Waals surface area contributed by atoms with Gasteiger partial charge in [-0.05, 0) is 33.6 Å². The molecule has 0 N–H and O–H groups in total. The minimum absolute atomic E-state index is 0.111. The van der Waals surface area contributed by atoms with Gasteiger partial charge in [0.05, 0.1) is 17.7 Å². The summed E-state index contributed by atoms with van der Waals surface area (Å²) < 4.78 is 6.38. The van der Waals surface area contributed by atoms with Crippen LogP contribution in [-0.2, 0) is 9.53 Å². The van der Waals surface area contributed by atoms with E-state index < -0.39 is 0 Å². The molecule has 0 spiro atoms. The van der Waals surface area contributed by atoms with Crippen LogP contribution in [0.15, 0.2) is 22.7 Å². The molecule has 0 bridgehead atoms. The number of hydrogen-bond donors (Lipinski definition) is 0. The van der Waals surface area contributed by atoms with Crippen molar-refractivity contribution in [3.63, 3.8) is 0 Å². The van der Waals surface area contributed by atoms with Crippen molar-refractivity contribution in [2.24, 2.45) is 0 Å². The number of carbonyl (C=O) groups excluding carboxylic acids is 1. The average molecular weight is 290 g/mol. The monoisotopic (exact) mass is 288 g/mol. The predicted molar refractivity (Wildman–Crippen MR) is 62.1 cm³/mol. The Morgan fingerprint density at radius 1 is 1.47 bits per heavy atom. The van der Waals surface area contributed by atoms with Gasteiger partial charge in [0.25, 0.3) is 0 Å². The Morgan fingerprint density at radius 2 is 2.27 bits per heavy atom. The van der Waals surface area contributed by atoms with Gasteiger partial charge in [-0.1, -0.05) is 17.7 Å². The highest BCUT2D eigenvalue weighted by molar-refractivity contribution is 9.10. The van der Waals surface area contributed by atoms with Gasteiger partial charge in [-0.3, -0.25) is 4.79 Å². The van der Waals surface area contributed by atoms with Crippen LogP contribution < -0.4 is 0 Å². The molecule has 4 heteroatoms. The van der Waals surface area contributed by atoms with E-state index in [4.69, 9.17) is 16.3 Å². The van der Waals surface area contributed by atoms with Crippen LogP contribution in [0.2, 0.25) is 5.02 Å². The lowest BCUT2D eigenvalue weighted by atomic mass is 10.0. The van der Waals surface area contributed by atoms with E-state index in [1.165, 1.54) is 0 Å². The molecule has 0 aliphatic carbocycles. The van der Waals surface area contributed by atoms with Crippen LogP contribution in [0, 0.1) is 0 Å². The van der Waals surface area contributed by atoms with Gasteiger partial charge < -0.3 is 4.74 Å². The van der Waals surface area contributed by atoms with Crippen LogP contribution in [0.25, 0.3) is 0 Å². The Labute approximate surface area is 102 Å². The quantitative estimate of drug-likeness (QED) is 0.790. The van der Waals surface area contributed by atoms with Gasteiger partial charge in [0.15, 0.2) is 0 Å². The number of hydrogen-bond acceptors (Lipinski definition) is 2. The fourth-order valence-corrected chi connectivity index (χ4v) is 2.12. The van der Waals surface area contributed by atoms with Crippen LogP contribution in [0.4, 0.5) is 0 Å². The summed E-state index contributed by atoms with van der Waals surface area (Å²) in [6.45, 7) is 0.518. The molecule has 1 aliphatic heterocycles. The number of ether oxygens (including phenoxy) is 1. The molecular formula is C11H10BrClO2. The standard InChI is InChI=1S/C11H10BrClO2/c12-9-5-7(1-2-10(9)13)11-6-8(14)3-4-15-11/h1-2,5,11H,3-4,6H2. The Bertz CT molecular complexity index is 392. The summed E-state index contributed by atoms with van der Waals surface area (Å²) in [4.78, 5) is 11.3. The van der Waals surface area contributed by atoms with Crippen molar-refractivity contribution in [2.45, 2.75) is 18.9 Å². The lowest BCUT2D eigenvalue weighted by Gasteiger charge is -2.22. The Hall–Kier alpha value is -0.380. The van der Waals surface area contributed by atoms with Crippen LogP contribution in [0.1, 0.15) is 24.5 Å². The minimum atomic E-state index is -0.111. The second-order valence-electron chi connectivity index (χ2n) is 3.53. The van der Waals surface area contributed by atoms with Gasteiger partial charge in [-0.15, -0.1) is 0 Å². The normalized spacial score (nSPS) is 21.7. The zero-order chi connectivity index (χ0) is 10.8. The van der Waals surface area contributed by atoms with Crippen molar-refractivity contribution in [3.8, 4) is 0 Å². The maximum Gasteiger partial charge on any atom is 0.138 e. The van der Waals surface area contributed by atoms with Gasteiger partial charge in [0, 0.05) is 17.3 Å². The number of rotatable bonds is 1. The topological polar surface area (TPSA) is 26.3 Å².